The van der Waals surface area contributed by atoms with Crippen molar-refractivity contribution < 1.29 is 9.18 Å². The second kappa shape index (κ2) is 11.0. The Labute approximate surface area is 235 Å². The summed E-state index contributed by atoms with van der Waals surface area (Å²) in [5.74, 6) is -0.746. The first-order chi connectivity index (χ1) is 18.3. The summed E-state index contributed by atoms with van der Waals surface area (Å²) in [6, 6.07) is 21.9. The second-order valence-electron chi connectivity index (χ2n) is 9.24. The van der Waals surface area contributed by atoms with E-state index in [1.165, 1.54) is 6.07 Å². The van der Waals surface area contributed by atoms with E-state index in [-0.39, 0.29) is 30.1 Å². The van der Waals surface area contributed by atoms with Crippen molar-refractivity contribution in [3.05, 3.63) is 112 Å². The van der Waals surface area contributed by atoms with Gasteiger partial charge in [-0.3, -0.25) is 9.78 Å². The minimum atomic E-state index is -0.465. The van der Waals surface area contributed by atoms with Crippen LogP contribution in [0.15, 0.2) is 83.5 Å². The Bertz CT molecular complexity index is 1490. The number of amides is 1. The van der Waals surface area contributed by atoms with Crippen molar-refractivity contribution in [1.82, 2.24) is 19.8 Å². The maximum absolute atomic E-state index is 14.1. The summed E-state index contributed by atoms with van der Waals surface area (Å²) in [5.41, 5.74) is 5.36. The molecule has 2 aromatic carbocycles. The van der Waals surface area contributed by atoms with E-state index in [1.54, 1.807) is 24.4 Å². The van der Waals surface area contributed by atoms with Crippen LogP contribution in [0.5, 0.6) is 0 Å². The van der Waals surface area contributed by atoms with Gasteiger partial charge in [0.25, 0.3) is 0 Å². The largest absolute Gasteiger partial charge is 0.352 e. The molecule has 0 spiro atoms. The molecule has 0 radical (unpaired) electrons. The quantitative estimate of drug-likeness (QED) is 0.244. The average Bonchev–Trinajstić information content (AvgIpc) is 3.39. The number of benzene rings is 2. The van der Waals surface area contributed by atoms with Crippen molar-refractivity contribution >= 4 is 44.9 Å². The summed E-state index contributed by atoms with van der Waals surface area (Å²) in [6.07, 6.45) is 1.92. The lowest BCUT2D eigenvalue weighted by Gasteiger charge is -2.28. The highest BCUT2D eigenvalue weighted by Crippen LogP contribution is 2.41. The molecule has 0 unspecified atom stereocenters. The van der Waals surface area contributed by atoms with Crippen molar-refractivity contribution in [3.8, 4) is 5.69 Å². The normalized spacial score (nSPS) is 16.9. The fourth-order valence-corrected chi connectivity index (χ4v) is 5.80. The van der Waals surface area contributed by atoms with E-state index >= 15 is 0 Å². The predicted molar refractivity (Wildman–Crippen MR) is 155 cm³/mol. The number of nitrogens with one attached hydrogen (secondary N) is 2. The van der Waals surface area contributed by atoms with Crippen molar-refractivity contribution in [2.24, 2.45) is 0 Å². The fraction of sp³-hybridized carbons (Fsp3) is 0.207. The highest BCUT2D eigenvalue weighted by Gasteiger charge is 2.41. The Morgan fingerprint density at radius 3 is 2.63 bits per heavy atom. The molecule has 1 saturated heterocycles. The minimum absolute atomic E-state index is 0.145. The summed E-state index contributed by atoms with van der Waals surface area (Å²) in [5, 5.41) is 6.67. The van der Waals surface area contributed by atoms with Crippen LogP contribution < -0.4 is 10.6 Å². The van der Waals surface area contributed by atoms with Gasteiger partial charge in [-0.05, 0) is 80.2 Å². The molecular weight excluding hydrogens is 565 g/mol. The standard InChI is InChI=1S/C29H27BrFN5OS/c1-18-16-22(19(2)36(18)21-9-7-8-20(30)17-21)28-27(25-12-5-6-14-32-25)34-29(38)35(28)15-13-26(37)33-24-11-4-3-10-23(24)31/h3-12,14,16-17,27-28H,13,15H2,1-2H3,(H,33,37)(H,34,38)/t27-,28-/m0/s1. The van der Waals surface area contributed by atoms with E-state index in [9.17, 15) is 9.18 Å². The Kier molecular flexibility index (Phi) is 7.58. The van der Waals surface area contributed by atoms with E-state index in [1.807, 2.05) is 35.2 Å². The van der Waals surface area contributed by atoms with Crippen LogP contribution in [-0.4, -0.2) is 32.0 Å². The van der Waals surface area contributed by atoms with Gasteiger partial charge in [0.15, 0.2) is 5.11 Å². The van der Waals surface area contributed by atoms with E-state index in [0.717, 1.165) is 32.8 Å². The molecule has 5 rings (SSSR count). The number of aryl methyl sites for hydroxylation is 1. The molecule has 1 aliphatic rings. The Morgan fingerprint density at radius 1 is 1.11 bits per heavy atom. The van der Waals surface area contributed by atoms with Gasteiger partial charge in [0.05, 0.1) is 23.5 Å². The molecule has 3 heterocycles. The second-order valence-corrected chi connectivity index (χ2v) is 10.5. The topological polar surface area (TPSA) is 62.2 Å². The smallest absolute Gasteiger partial charge is 0.226 e. The third kappa shape index (κ3) is 5.21. The van der Waals surface area contributed by atoms with Crippen LogP contribution in [0.3, 0.4) is 0 Å². The molecule has 0 aliphatic carbocycles. The van der Waals surface area contributed by atoms with Gasteiger partial charge in [0.2, 0.25) is 5.91 Å². The molecule has 38 heavy (non-hydrogen) atoms. The molecule has 4 aromatic rings. The minimum Gasteiger partial charge on any atom is -0.352 e. The fourth-order valence-electron chi connectivity index (χ4n) is 5.08. The number of hydrogen-bond donors (Lipinski definition) is 2. The number of halogens is 2. The molecule has 0 bridgehead atoms. The average molecular weight is 593 g/mol. The number of aromatic nitrogens is 2. The first-order valence-electron chi connectivity index (χ1n) is 12.3. The maximum Gasteiger partial charge on any atom is 0.226 e. The van der Waals surface area contributed by atoms with Crippen LogP contribution in [0.25, 0.3) is 5.69 Å². The lowest BCUT2D eigenvalue weighted by Crippen LogP contribution is -2.33. The summed E-state index contributed by atoms with van der Waals surface area (Å²) in [4.78, 5) is 19.4. The van der Waals surface area contributed by atoms with Gasteiger partial charge in [-0.25, -0.2) is 4.39 Å². The Hall–Kier alpha value is -3.56. The van der Waals surface area contributed by atoms with E-state index in [2.05, 4.69) is 68.2 Å². The van der Waals surface area contributed by atoms with Gasteiger partial charge in [-0.2, -0.15) is 0 Å². The molecule has 1 amide bonds. The number of carbonyl (C=O) groups excluding carboxylic acids is 1. The maximum atomic E-state index is 14.1. The monoisotopic (exact) mass is 591 g/mol. The first-order valence-corrected chi connectivity index (χ1v) is 13.5. The SMILES string of the molecule is Cc1cc([C@H]2[C@H](c3ccccn3)NC(=S)N2CCC(=O)Nc2ccccc2F)c(C)n1-c1cccc(Br)c1. The number of pyridine rings is 1. The van der Waals surface area contributed by atoms with Crippen molar-refractivity contribution in [2.45, 2.75) is 32.4 Å². The number of hydrogen-bond acceptors (Lipinski definition) is 3. The highest BCUT2D eigenvalue weighted by molar-refractivity contribution is 9.10. The number of nitrogens with zero attached hydrogens (tertiary/aromatic N) is 3. The van der Waals surface area contributed by atoms with Gasteiger partial charge < -0.3 is 20.1 Å². The third-order valence-corrected chi connectivity index (χ3v) is 7.63. The third-order valence-electron chi connectivity index (χ3n) is 6.78. The predicted octanol–water partition coefficient (Wildman–Crippen LogP) is 6.39. The van der Waals surface area contributed by atoms with Crippen LogP contribution in [0.1, 0.15) is 41.1 Å². The zero-order valence-electron chi connectivity index (χ0n) is 21.0. The molecule has 1 aliphatic heterocycles. The van der Waals surface area contributed by atoms with Crippen molar-refractivity contribution in [3.63, 3.8) is 0 Å². The van der Waals surface area contributed by atoms with Gasteiger partial charge in [-0.15, -0.1) is 0 Å². The van der Waals surface area contributed by atoms with Crippen LogP contribution >= 0.6 is 28.1 Å². The number of rotatable bonds is 7. The summed E-state index contributed by atoms with van der Waals surface area (Å²) in [7, 11) is 0. The first kappa shape index (κ1) is 26.1. The molecule has 0 saturated carbocycles. The van der Waals surface area contributed by atoms with Gasteiger partial charge in [0.1, 0.15) is 5.82 Å². The number of thiocarbonyl (C=S) groups is 1. The van der Waals surface area contributed by atoms with Gasteiger partial charge >= 0.3 is 0 Å². The van der Waals surface area contributed by atoms with Crippen LogP contribution in [0.4, 0.5) is 10.1 Å². The lowest BCUT2D eigenvalue weighted by molar-refractivity contribution is -0.116. The molecule has 6 nitrogen and oxygen atoms in total. The number of carbonyl (C=O) groups is 1. The molecule has 2 N–H and O–H groups in total. The zero-order chi connectivity index (χ0) is 26.8. The zero-order valence-corrected chi connectivity index (χ0v) is 23.4. The molecule has 1 fully saturated rings. The van der Waals surface area contributed by atoms with Gasteiger partial charge in [-0.1, -0.05) is 40.2 Å². The van der Waals surface area contributed by atoms with Crippen LogP contribution in [0.2, 0.25) is 0 Å². The van der Waals surface area contributed by atoms with E-state index < -0.39 is 5.82 Å². The van der Waals surface area contributed by atoms with Crippen LogP contribution in [0, 0.1) is 19.7 Å². The van der Waals surface area contributed by atoms with Crippen LogP contribution in [-0.2, 0) is 4.79 Å². The molecule has 2 aromatic heterocycles. The number of para-hydroxylation sites is 1. The van der Waals surface area contributed by atoms with E-state index in [4.69, 9.17) is 12.2 Å². The molecule has 9 heteroatoms. The van der Waals surface area contributed by atoms with Gasteiger partial charge in [0, 0.05) is 40.7 Å². The molecule has 194 valence electrons. The molecular formula is C29H27BrFN5OS. The summed E-state index contributed by atoms with van der Waals surface area (Å²) >= 11 is 9.36. The van der Waals surface area contributed by atoms with Crippen molar-refractivity contribution in [2.75, 3.05) is 11.9 Å². The Morgan fingerprint density at radius 2 is 1.89 bits per heavy atom. The van der Waals surface area contributed by atoms with E-state index in [0.29, 0.717) is 11.7 Å². The van der Waals surface area contributed by atoms with Crippen molar-refractivity contribution in [1.29, 1.82) is 0 Å². The number of anilines is 1. The highest BCUT2D eigenvalue weighted by atomic mass is 79.9. The Balaban J connectivity index is 1.48. The molecule has 2 atom stereocenters. The summed E-state index contributed by atoms with van der Waals surface area (Å²) < 4.78 is 17.3. The lowest BCUT2D eigenvalue weighted by atomic mass is 9.96. The summed E-state index contributed by atoms with van der Waals surface area (Å²) in [6.45, 7) is 4.55.